The predicted molar refractivity (Wildman–Crippen MR) is 72.6 cm³/mol. The van der Waals surface area contributed by atoms with Crippen LogP contribution in [-0.4, -0.2) is 18.3 Å². The largest absolute Gasteiger partial charge is 0.496 e. The van der Waals surface area contributed by atoms with Crippen LogP contribution in [0.25, 0.3) is 0 Å². The quantitative estimate of drug-likeness (QED) is 0.870. The van der Waals surface area contributed by atoms with Gasteiger partial charge in [-0.2, -0.15) is 0 Å². The van der Waals surface area contributed by atoms with Crippen LogP contribution in [0.15, 0.2) is 18.2 Å². The van der Waals surface area contributed by atoms with Gasteiger partial charge >= 0.3 is 0 Å². The summed E-state index contributed by atoms with van der Waals surface area (Å²) in [5.41, 5.74) is 6.46. The van der Waals surface area contributed by atoms with Crippen molar-refractivity contribution in [1.29, 1.82) is 0 Å². The zero-order valence-corrected chi connectivity index (χ0v) is 11.7. The summed E-state index contributed by atoms with van der Waals surface area (Å²) in [5, 5.41) is 10.0. The van der Waals surface area contributed by atoms with Crippen LogP contribution in [0.5, 0.6) is 5.75 Å². The number of nitrogens with two attached hydrogens (primary N) is 1. The van der Waals surface area contributed by atoms with E-state index in [0.29, 0.717) is 11.3 Å². The van der Waals surface area contributed by atoms with Crippen molar-refractivity contribution in [3.63, 3.8) is 0 Å². The molecule has 5 heteroatoms. The molecule has 0 fully saturated rings. The number of hydrogen-bond acceptors (Lipinski definition) is 3. The van der Waals surface area contributed by atoms with Crippen molar-refractivity contribution in [1.82, 2.24) is 0 Å². The molecule has 18 heavy (non-hydrogen) atoms. The molecule has 3 atom stereocenters. The number of ether oxygens (including phenoxy) is 1. The van der Waals surface area contributed by atoms with Gasteiger partial charge in [0.1, 0.15) is 11.6 Å². The number of aliphatic hydroxyl groups excluding tert-OH is 1. The highest BCUT2D eigenvalue weighted by Crippen LogP contribution is 2.29. The van der Waals surface area contributed by atoms with Crippen LogP contribution in [0.4, 0.5) is 4.39 Å². The van der Waals surface area contributed by atoms with Gasteiger partial charge in [0.05, 0.1) is 19.3 Å². The monoisotopic (exact) mass is 277 g/mol. The zero-order valence-electron chi connectivity index (χ0n) is 10.9. The van der Waals surface area contributed by atoms with Crippen molar-refractivity contribution < 1.29 is 14.2 Å². The van der Waals surface area contributed by atoms with Crippen molar-refractivity contribution in [2.45, 2.75) is 32.4 Å². The topological polar surface area (TPSA) is 55.5 Å². The third-order valence-corrected chi connectivity index (χ3v) is 3.15. The summed E-state index contributed by atoms with van der Waals surface area (Å²) in [7, 11) is 1.50. The Labute approximate surface area is 114 Å². The first-order valence-electron chi connectivity index (χ1n) is 5.78. The molecule has 0 bridgehead atoms. The van der Waals surface area contributed by atoms with Crippen molar-refractivity contribution in [2.24, 2.45) is 11.7 Å². The Morgan fingerprint density at radius 3 is 2.56 bits per heavy atom. The molecule has 0 aliphatic carbocycles. The van der Waals surface area contributed by atoms with Gasteiger partial charge in [-0.05, 0) is 24.1 Å². The third kappa shape index (κ3) is 3.83. The lowest BCUT2D eigenvalue weighted by atomic mass is 9.91. The molecule has 0 saturated heterocycles. The van der Waals surface area contributed by atoms with Crippen molar-refractivity contribution >= 4 is 12.4 Å². The van der Waals surface area contributed by atoms with E-state index >= 15 is 0 Å². The van der Waals surface area contributed by atoms with Crippen LogP contribution in [0, 0.1) is 11.7 Å². The lowest BCUT2D eigenvalue weighted by molar-refractivity contribution is 0.0869. The van der Waals surface area contributed by atoms with Crippen LogP contribution in [0.2, 0.25) is 0 Å². The first-order chi connectivity index (χ1) is 8.01. The molecule has 0 amide bonds. The van der Waals surface area contributed by atoms with Crippen LogP contribution in [0.3, 0.4) is 0 Å². The van der Waals surface area contributed by atoms with Gasteiger partial charge in [0.25, 0.3) is 0 Å². The Morgan fingerprint density at radius 2 is 2.06 bits per heavy atom. The molecule has 0 radical (unpaired) electrons. The van der Waals surface area contributed by atoms with Gasteiger partial charge in [0.2, 0.25) is 0 Å². The summed E-state index contributed by atoms with van der Waals surface area (Å²) in [4.78, 5) is 0. The van der Waals surface area contributed by atoms with E-state index in [9.17, 15) is 9.50 Å². The molecule has 0 saturated carbocycles. The first-order valence-corrected chi connectivity index (χ1v) is 5.78. The number of aliphatic hydroxyl groups is 1. The Bertz CT molecular complexity index is 376. The molecular formula is C13H21ClFNO2. The molecule has 3 nitrogen and oxygen atoms in total. The summed E-state index contributed by atoms with van der Waals surface area (Å²) in [6.07, 6.45) is 0.0997. The van der Waals surface area contributed by atoms with Gasteiger partial charge in [-0.3, -0.25) is 0 Å². The number of rotatable bonds is 5. The standard InChI is InChI=1S/C13H20FNO2.ClH/c1-4-8(2)13(16)12(15)10-7-9(14)5-6-11(10)17-3;/h5-8,12-13,16H,4,15H2,1-3H3;1H/t8?,12-,13+;/m0./s1. The highest BCUT2D eigenvalue weighted by Gasteiger charge is 2.24. The second kappa shape index (κ2) is 7.56. The lowest BCUT2D eigenvalue weighted by Gasteiger charge is -2.25. The van der Waals surface area contributed by atoms with E-state index < -0.39 is 12.1 Å². The van der Waals surface area contributed by atoms with Gasteiger partial charge in [-0.25, -0.2) is 4.39 Å². The molecule has 0 heterocycles. The fourth-order valence-electron chi connectivity index (χ4n) is 1.75. The molecule has 0 aliphatic rings. The molecule has 1 aromatic rings. The van der Waals surface area contributed by atoms with E-state index in [1.54, 1.807) is 0 Å². The Balaban J connectivity index is 0.00000289. The van der Waals surface area contributed by atoms with Gasteiger partial charge in [0.15, 0.2) is 0 Å². The van der Waals surface area contributed by atoms with Crippen molar-refractivity contribution in [2.75, 3.05) is 7.11 Å². The van der Waals surface area contributed by atoms with Gasteiger partial charge in [0, 0.05) is 5.56 Å². The predicted octanol–water partition coefficient (Wildman–Crippen LogP) is 2.66. The summed E-state index contributed by atoms with van der Waals surface area (Å²) in [5.74, 6) is 0.173. The minimum atomic E-state index is -0.712. The van der Waals surface area contributed by atoms with E-state index in [0.717, 1.165) is 6.42 Å². The van der Waals surface area contributed by atoms with Gasteiger partial charge in [-0.1, -0.05) is 20.3 Å². The normalized spacial score (nSPS) is 15.4. The summed E-state index contributed by atoms with van der Waals surface area (Å²) < 4.78 is 18.3. The van der Waals surface area contributed by atoms with Crippen LogP contribution in [-0.2, 0) is 0 Å². The van der Waals surface area contributed by atoms with Crippen molar-refractivity contribution in [3.8, 4) is 5.75 Å². The molecule has 3 N–H and O–H groups in total. The zero-order chi connectivity index (χ0) is 13.0. The number of halogens is 2. The minimum Gasteiger partial charge on any atom is -0.496 e. The fourth-order valence-corrected chi connectivity index (χ4v) is 1.75. The Kier molecular flexibility index (Phi) is 7.21. The van der Waals surface area contributed by atoms with Gasteiger partial charge < -0.3 is 15.6 Å². The lowest BCUT2D eigenvalue weighted by Crippen LogP contribution is -2.31. The number of methoxy groups -OCH3 is 1. The van der Waals surface area contributed by atoms with Crippen LogP contribution < -0.4 is 10.5 Å². The average Bonchev–Trinajstić information content (AvgIpc) is 2.35. The molecule has 104 valence electrons. The first kappa shape index (κ1) is 17.2. The van der Waals surface area contributed by atoms with Crippen LogP contribution >= 0.6 is 12.4 Å². The maximum atomic E-state index is 13.2. The number of benzene rings is 1. The van der Waals surface area contributed by atoms with E-state index in [1.807, 2.05) is 13.8 Å². The average molecular weight is 278 g/mol. The van der Waals surface area contributed by atoms with E-state index in [4.69, 9.17) is 10.5 Å². The summed E-state index contributed by atoms with van der Waals surface area (Å²) in [6, 6.07) is 3.50. The van der Waals surface area contributed by atoms with Gasteiger partial charge in [-0.15, -0.1) is 12.4 Å². The van der Waals surface area contributed by atoms with E-state index in [2.05, 4.69) is 0 Å². The molecule has 1 rings (SSSR count). The maximum absolute atomic E-state index is 13.2. The summed E-state index contributed by atoms with van der Waals surface area (Å²) >= 11 is 0. The maximum Gasteiger partial charge on any atom is 0.123 e. The van der Waals surface area contributed by atoms with Crippen molar-refractivity contribution in [3.05, 3.63) is 29.6 Å². The minimum absolute atomic E-state index is 0. The van der Waals surface area contributed by atoms with E-state index in [-0.39, 0.29) is 24.1 Å². The second-order valence-electron chi connectivity index (χ2n) is 4.29. The number of hydrogen-bond donors (Lipinski definition) is 2. The molecule has 0 spiro atoms. The SMILES string of the molecule is CCC(C)[C@@H](O)[C@@H](N)c1cc(F)ccc1OC.Cl. The summed E-state index contributed by atoms with van der Waals surface area (Å²) in [6.45, 7) is 3.89. The molecular weight excluding hydrogens is 257 g/mol. The fraction of sp³-hybridized carbons (Fsp3) is 0.538. The second-order valence-corrected chi connectivity index (χ2v) is 4.29. The Morgan fingerprint density at radius 1 is 1.44 bits per heavy atom. The van der Waals surface area contributed by atoms with E-state index in [1.165, 1.54) is 25.3 Å². The Hall–Kier alpha value is -0.840. The third-order valence-electron chi connectivity index (χ3n) is 3.15. The molecule has 0 aromatic heterocycles. The molecule has 1 aromatic carbocycles. The highest BCUT2D eigenvalue weighted by molar-refractivity contribution is 5.85. The molecule has 0 aliphatic heterocycles. The molecule has 1 unspecified atom stereocenters. The van der Waals surface area contributed by atoms with Crippen LogP contribution in [0.1, 0.15) is 31.9 Å². The smallest absolute Gasteiger partial charge is 0.123 e. The highest BCUT2D eigenvalue weighted by atomic mass is 35.5.